The second kappa shape index (κ2) is 9.76. The van der Waals surface area contributed by atoms with Crippen LogP contribution in [0.5, 0.6) is 0 Å². The van der Waals surface area contributed by atoms with Crippen LogP contribution in [0.3, 0.4) is 0 Å². The lowest BCUT2D eigenvalue weighted by atomic mass is 9.85. The van der Waals surface area contributed by atoms with E-state index in [4.69, 9.17) is 4.99 Å². The maximum absolute atomic E-state index is 12.7. The van der Waals surface area contributed by atoms with Gasteiger partial charge in [0.25, 0.3) is 0 Å². The van der Waals surface area contributed by atoms with Crippen LogP contribution in [0.2, 0.25) is 0 Å². The Hall–Kier alpha value is -2.05. The van der Waals surface area contributed by atoms with Gasteiger partial charge < -0.3 is 15.5 Å². The summed E-state index contributed by atoms with van der Waals surface area (Å²) in [6.45, 7) is 9.22. The Balaban J connectivity index is 1.91. The van der Waals surface area contributed by atoms with Crippen molar-refractivity contribution in [1.29, 1.82) is 0 Å². The van der Waals surface area contributed by atoms with Crippen molar-refractivity contribution >= 4 is 11.9 Å². The van der Waals surface area contributed by atoms with Gasteiger partial charge in [-0.15, -0.1) is 0 Å². The molecule has 0 spiro atoms. The molecule has 0 unspecified atom stereocenters. The van der Waals surface area contributed by atoms with Crippen LogP contribution < -0.4 is 10.6 Å². The third-order valence-electron chi connectivity index (χ3n) is 5.25. The molecule has 1 heterocycles. The van der Waals surface area contributed by atoms with E-state index in [9.17, 15) is 4.79 Å². The molecule has 1 aromatic rings. The van der Waals surface area contributed by atoms with Crippen molar-refractivity contribution in [1.82, 2.24) is 25.3 Å². The molecule has 1 amide bonds. The molecule has 1 aliphatic carbocycles. The number of guanidine groups is 1. The van der Waals surface area contributed by atoms with Gasteiger partial charge in [-0.1, -0.05) is 12.8 Å². The number of carbonyl (C=O) groups is 1. The van der Waals surface area contributed by atoms with Gasteiger partial charge in [0.2, 0.25) is 5.91 Å². The average molecular weight is 377 g/mol. The Kier molecular flexibility index (Phi) is 7.68. The topological polar surface area (TPSA) is 74.6 Å². The Morgan fingerprint density at radius 1 is 1.30 bits per heavy atom. The zero-order chi connectivity index (χ0) is 19.9. The van der Waals surface area contributed by atoms with Crippen LogP contribution in [0.15, 0.2) is 11.1 Å². The quantitative estimate of drug-likeness (QED) is 0.414. The van der Waals surface area contributed by atoms with Crippen LogP contribution >= 0.6 is 0 Å². The monoisotopic (exact) mass is 376 g/mol. The van der Waals surface area contributed by atoms with Gasteiger partial charge in [0.1, 0.15) is 0 Å². The van der Waals surface area contributed by atoms with Crippen molar-refractivity contribution < 1.29 is 4.79 Å². The first-order valence-electron chi connectivity index (χ1n) is 10.1. The Morgan fingerprint density at radius 2 is 2.00 bits per heavy atom. The van der Waals surface area contributed by atoms with Gasteiger partial charge in [0.05, 0.1) is 17.7 Å². The molecule has 1 aromatic heterocycles. The van der Waals surface area contributed by atoms with E-state index >= 15 is 0 Å². The van der Waals surface area contributed by atoms with Crippen LogP contribution in [0, 0.1) is 19.3 Å². The molecule has 1 aliphatic rings. The summed E-state index contributed by atoms with van der Waals surface area (Å²) in [5.41, 5.74) is 1.93. The van der Waals surface area contributed by atoms with E-state index in [1.165, 1.54) is 5.69 Å². The minimum Gasteiger partial charge on any atom is -0.357 e. The van der Waals surface area contributed by atoms with Crippen LogP contribution in [0.25, 0.3) is 0 Å². The van der Waals surface area contributed by atoms with Crippen molar-refractivity contribution in [3.8, 4) is 0 Å². The maximum Gasteiger partial charge on any atom is 0.230 e. The summed E-state index contributed by atoms with van der Waals surface area (Å²) in [6.07, 6.45) is 5.06. The average Bonchev–Trinajstić information content (AvgIpc) is 3.22. The Morgan fingerprint density at radius 3 is 2.56 bits per heavy atom. The highest BCUT2D eigenvalue weighted by Crippen LogP contribution is 2.39. The van der Waals surface area contributed by atoms with Gasteiger partial charge in [-0.3, -0.25) is 14.5 Å². The smallest absolute Gasteiger partial charge is 0.230 e. The fourth-order valence-electron chi connectivity index (χ4n) is 3.87. The fourth-order valence-corrected chi connectivity index (χ4v) is 3.87. The van der Waals surface area contributed by atoms with E-state index < -0.39 is 0 Å². The molecule has 7 heteroatoms. The van der Waals surface area contributed by atoms with Gasteiger partial charge in [-0.05, 0) is 46.1 Å². The number of hydrogen-bond donors (Lipinski definition) is 2. The summed E-state index contributed by atoms with van der Waals surface area (Å²) >= 11 is 0. The van der Waals surface area contributed by atoms with E-state index in [1.54, 1.807) is 4.90 Å². The molecule has 0 atom stereocenters. The molecule has 0 aliphatic heterocycles. The second-order valence-electron chi connectivity index (χ2n) is 7.81. The normalized spacial score (nSPS) is 16.4. The minimum atomic E-state index is -0.324. The molecule has 2 N–H and O–H groups in total. The molecule has 27 heavy (non-hydrogen) atoms. The van der Waals surface area contributed by atoms with Gasteiger partial charge in [-0.25, -0.2) is 0 Å². The van der Waals surface area contributed by atoms with E-state index in [-0.39, 0.29) is 11.3 Å². The number of nitrogens with zero attached hydrogens (tertiary/aromatic N) is 4. The lowest BCUT2D eigenvalue weighted by Gasteiger charge is -2.29. The highest BCUT2D eigenvalue weighted by Gasteiger charge is 2.42. The predicted octanol–water partition coefficient (Wildman–Crippen LogP) is 2.09. The number of hydrogen-bond acceptors (Lipinski definition) is 3. The van der Waals surface area contributed by atoms with E-state index in [0.717, 1.165) is 63.4 Å². The molecule has 0 radical (unpaired) electrons. The zero-order valence-electron chi connectivity index (χ0n) is 17.6. The molecular weight excluding hydrogens is 340 g/mol. The fraction of sp³-hybridized carbons (Fsp3) is 0.750. The zero-order valence-corrected chi connectivity index (χ0v) is 17.6. The van der Waals surface area contributed by atoms with Crippen LogP contribution in [-0.4, -0.2) is 60.3 Å². The Bertz CT molecular complexity index is 643. The number of aryl methyl sites for hydroxylation is 3. The summed E-state index contributed by atoms with van der Waals surface area (Å²) in [4.78, 5) is 19.2. The molecular formula is C20H36N6O. The van der Waals surface area contributed by atoms with Crippen molar-refractivity contribution in [2.45, 2.75) is 59.4 Å². The minimum absolute atomic E-state index is 0.212. The highest BCUT2D eigenvalue weighted by molar-refractivity contribution is 5.84. The van der Waals surface area contributed by atoms with E-state index in [2.05, 4.69) is 35.6 Å². The number of rotatable bonds is 8. The molecule has 0 aromatic carbocycles. The lowest BCUT2D eigenvalue weighted by molar-refractivity contribution is -0.138. The standard InChI is InChI=1S/C20H36N6O/c1-6-21-19(22-12-9-13-26-17(3)14-16(2)24-26)23-15-20(10-7-8-11-20)18(27)25(4)5/h14H,6-13,15H2,1-5H3,(H2,21,22,23). The molecule has 0 bridgehead atoms. The summed E-state index contributed by atoms with van der Waals surface area (Å²) in [7, 11) is 3.68. The number of aromatic nitrogens is 2. The van der Waals surface area contributed by atoms with Crippen molar-refractivity contribution in [3.63, 3.8) is 0 Å². The van der Waals surface area contributed by atoms with E-state index in [1.807, 2.05) is 25.7 Å². The van der Waals surface area contributed by atoms with Gasteiger partial charge in [0, 0.05) is 39.4 Å². The third-order valence-corrected chi connectivity index (χ3v) is 5.25. The number of carbonyl (C=O) groups excluding carboxylic acids is 1. The largest absolute Gasteiger partial charge is 0.357 e. The van der Waals surface area contributed by atoms with Crippen LogP contribution in [0.4, 0.5) is 0 Å². The van der Waals surface area contributed by atoms with Crippen molar-refractivity contribution in [2.24, 2.45) is 10.4 Å². The van der Waals surface area contributed by atoms with Crippen LogP contribution in [-0.2, 0) is 11.3 Å². The summed E-state index contributed by atoms with van der Waals surface area (Å²) in [5.74, 6) is 1.01. The molecule has 2 rings (SSSR count). The first-order chi connectivity index (χ1) is 12.9. The second-order valence-corrected chi connectivity index (χ2v) is 7.81. The molecule has 7 nitrogen and oxygen atoms in total. The molecule has 1 saturated carbocycles. The van der Waals surface area contributed by atoms with Gasteiger partial charge in [0.15, 0.2) is 5.96 Å². The lowest BCUT2D eigenvalue weighted by Crippen LogP contribution is -2.43. The maximum atomic E-state index is 12.7. The highest BCUT2D eigenvalue weighted by atomic mass is 16.2. The molecule has 1 fully saturated rings. The van der Waals surface area contributed by atoms with E-state index in [0.29, 0.717) is 6.54 Å². The number of nitrogens with one attached hydrogen (secondary N) is 2. The molecule has 152 valence electrons. The molecule has 0 saturated heterocycles. The number of aliphatic imine (C=N–C) groups is 1. The summed E-state index contributed by atoms with van der Waals surface area (Å²) in [6, 6.07) is 2.10. The number of amides is 1. The first-order valence-corrected chi connectivity index (χ1v) is 10.1. The van der Waals surface area contributed by atoms with Gasteiger partial charge in [-0.2, -0.15) is 5.10 Å². The van der Waals surface area contributed by atoms with Crippen molar-refractivity contribution in [2.75, 3.05) is 33.7 Å². The predicted molar refractivity (Wildman–Crippen MR) is 110 cm³/mol. The summed E-state index contributed by atoms with van der Waals surface area (Å²) in [5, 5.41) is 11.2. The third kappa shape index (κ3) is 5.71. The van der Waals surface area contributed by atoms with Crippen LogP contribution in [0.1, 0.15) is 50.4 Å². The summed E-state index contributed by atoms with van der Waals surface area (Å²) < 4.78 is 2.05. The van der Waals surface area contributed by atoms with Gasteiger partial charge >= 0.3 is 0 Å². The SMILES string of the molecule is CCNC(=NCC1(C(=O)N(C)C)CCCC1)NCCCn1nc(C)cc1C. The van der Waals surface area contributed by atoms with Crippen molar-refractivity contribution in [3.05, 3.63) is 17.5 Å². The first kappa shape index (κ1) is 21.3. The Labute approximate surface area is 163 Å².